The lowest BCUT2D eigenvalue weighted by Gasteiger charge is -2.37. The number of aryl methyl sites for hydroxylation is 2. The average molecular weight is 332 g/mol. The first-order chi connectivity index (χ1) is 11.0. The SMILES string of the molecule is CC[C@H]1c2ccc(C)n2CCN1C(=O)Nc1ccc(C)cc1Cl. The van der Waals surface area contributed by atoms with Gasteiger partial charge in [0.05, 0.1) is 16.8 Å². The molecular formula is C18H22ClN3O. The highest BCUT2D eigenvalue weighted by molar-refractivity contribution is 6.33. The monoisotopic (exact) mass is 331 g/mol. The molecule has 0 aliphatic carbocycles. The summed E-state index contributed by atoms with van der Waals surface area (Å²) in [6.45, 7) is 7.74. The van der Waals surface area contributed by atoms with Crippen LogP contribution in [0.3, 0.4) is 0 Å². The van der Waals surface area contributed by atoms with Gasteiger partial charge in [0.25, 0.3) is 0 Å². The van der Waals surface area contributed by atoms with E-state index < -0.39 is 0 Å². The molecule has 4 nitrogen and oxygen atoms in total. The summed E-state index contributed by atoms with van der Waals surface area (Å²) in [4.78, 5) is 14.6. The van der Waals surface area contributed by atoms with Gasteiger partial charge in [0, 0.05) is 24.5 Å². The van der Waals surface area contributed by atoms with E-state index in [2.05, 4.69) is 35.9 Å². The highest BCUT2D eigenvalue weighted by Crippen LogP contribution is 2.31. The number of carbonyl (C=O) groups excluding carboxylic acids is 1. The number of nitrogens with one attached hydrogen (secondary N) is 1. The molecule has 0 radical (unpaired) electrons. The molecule has 3 rings (SSSR count). The van der Waals surface area contributed by atoms with E-state index in [-0.39, 0.29) is 12.1 Å². The number of amides is 2. The quantitative estimate of drug-likeness (QED) is 0.846. The fourth-order valence-corrected chi connectivity index (χ4v) is 3.57. The Morgan fingerprint density at radius 3 is 2.74 bits per heavy atom. The summed E-state index contributed by atoms with van der Waals surface area (Å²) in [5.41, 5.74) is 4.20. The van der Waals surface area contributed by atoms with E-state index in [4.69, 9.17) is 11.6 Å². The number of halogens is 1. The normalized spacial score (nSPS) is 17.0. The number of anilines is 1. The number of rotatable bonds is 2. The number of urea groups is 1. The first-order valence-electron chi connectivity index (χ1n) is 8.01. The standard InChI is InChI=1S/C18H22ClN3O/c1-4-16-17-8-6-13(3)21(17)9-10-22(16)18(23)20-15-7-5-12(2)11-14(15)19/h5-8,11,16H,4,9-10H2,1-3H3,(H,20,23)/t16-/m0/s1. The van der Waals surface area contributed by atoms with Crippen LogP contribution < -0.4 is 5.32 Å². The molecule has 0 spiro atoms. The number of hydrogen-bond acceptors (Lipinski definition) is 1. The minimum absolute atomic E-state index is 0.0901. The smallest absolute Gasteiger partial charge is 0.322 e. The maximum absolute atomic E-state index is 12.7. The summed E-state index contributed by atoms with van der Waals surface area (Å²) >= 11 is 6.23. The summed E-state index contributed by atoms with van der Waals surface area (Å²) in [6, 6.07) is 9.92. The van der Waals surface area contributed by atoms with E-state index in [9.17, 15) is 4.79 Å². The van der Waals surface area contributed by atoms with Gasteiger partial charge in [-0.3, -0.25) is 0 Å². The molecule has 1 aliphatic heterocycles. The van der Waals surface area contributed by atoms with Gasteiger partial charge in [-0.25, -0.2) is 4.79 Å². The Morgan fingerprint density at radius 1 is 1.26 bits per heavy atom. The minimum atomic E-state index is -0.0901. The maximum Gasteiger partial charge on any atom is 0.322 e. The number of nitrogens with zero attached hydrogens (tertiary/aromatic N) is 2. The molecule has 5 heteroatoms. The van der Waals surface area contributed by atoms with Crippen LogP contribution in [0.5, 0.6) is 0 Å². The molecule has 0 saturated carbocycles. The largest absolute Gasteiger partial charge is 0.345 e. The average Bonchev–Trinajstić information content (AvgIpc) is 2.90. The van der Waals surface area contributed by atoms with E-state index in [1.165, 1.54) is 11.4 Å². The van der Waals surface area contributed by atoms with E-state index >= 15 is 0 Å². The van der Waals surface area contributed by atoms with Crippen LogP contribution in [0, 0.1) is 13.8 Å². The molecule has 0 saturated heterocycles. The van der Waals surface area contributed by atoms with Crippen LogP contribution in [0.4, 0.5) is 10.5 Å². The third-order valence-electron chi connectivity index (χ3n) is 4.53. The summed E-state index contributed by atoms with van der Waals surface area (Å²) in [5.74, 6) is 0. The zero-order valence-electron chi connectivity index (χ0n) is 13.8. The van der Waals surface area contributed by atoms with Crippen molar-refractivity contribution in [1.82, 2.24) is 9.47 Å². The predicted molar refractivity (Wildman–Crippen MR) is 94.1 cm³/mol. The molecular weight excluding hydrogens is 310 g/mol. The fourth-order valence-electron chi connectivity index (χ4n) is 3.29. The van der Waals surface area contributed by atoms with Crippen LogP contribution in [0.1, 0.15) is 36.3 Å². The van der Waals surface area contributed by atoms with Crippen molar-refractivity contribution in [1.29, 1.82) is 0 Å². The second kappa shape index (κ2) is 6.28. The topological polar surface area (TPSA) is 37.3 Å². The zero-order valence-corrected chi connectivity index (χ0v) is 14.5. The van der Waals surface area contributed by atoms with Crippen LogP contribution in [0.2, 0.25) is 5.02 Å². The van der Waals surface area contributed by atoms with Crippen LogP contribution in [-0.2, 0) is 6.54 Å². The Hall–Kier alpha value is -1.94. The molecule has 2 aromatic rings. The molecule has 0 bridgehead atoms. The Labute approximate surface area is 142 Å². The van der Waals surface area contributed by atoms with Gasteiger partial charge < -0.3 is 14.8 Å². The van der Waals surface area contributed by atoms with Crippen molar-refractivity contribution in [3.63, 3.8) is 0 Å². The van der Waals surface area contributed by atoms with E-state index in [1.54, 1.807) is 0 Å². The van der Waals surface area contributed by atoms with Crippen molar-refractivity contribution < 1.29 is 4.79 Å². The number of carbonyl (C=O) groups is 1. The molecule has 1 atom stereocenters. The first-order valence-corrected chi connectivity index (χ1v) is 8.39. The molecule has 1 aromatic carbocycles. The van der Waals surface area contributed by atoms with Crippen LogP contribution in [-0.4, -0.2) is 22.0 Å². The Morgan fingerprint density at radius 2 is 2.04 bits per heavy atom. The van der Waals surface area contributed by atoms with Gasteiger partial charge in [0.15, 0.2) is 0 Å². The molecule has 0 unspecified atom stereocenters. The molecule has 0 fully saturated rings. The molecule has 1 aliphatic rings. The Kier molecular flexibility index (Phi) is 4.35. The number of aromatic nitrogens is 1. The lowest BCUT2D eigenvalue weighted by molar-refractivity contribution is 0.165. The minimum Gasteiger partial charge on any atom is -0.345 e. The summed E-state index contributed by atoms with van der Waals surface area (Å²) < 4.78 is 2.30. The lowest BCUT2D eigenvalue weighted by Crippen LogP contribution is -2.44. The van der Waals surface area contributed by atoms with E-state index in [0.717, 1.165) is 18.5 Å². The van der Waals surface area contributed by atoms with Gasteiger partial charge in [0.1, 0.15) is 0 Å². The highest BCUT2D eigenvalue weighted by Gasteiger charge is 2.30. The van der Waals surface area contributed by atoms with Gasteiger partial charge >= 0.3 is 6.03 Å². The van der Waals surface area contributed by atoms with E-state index in [0.29, 0.717) is 17.3 Å². The summed E-state index contributed by atoms with van der Waals surface area (Å²) in [5, 5.41) is 3.53. The molecule has 2 amide bonds. The van der Waals surface area contributed by atoms with Gasteiger partial charge in [-0.15, -0.1) is 0 Å². The molecule has 122 valence electrons. The van der Waals surface area contributed by atoms with E-state index in [1.807, 2.05) is 30.0 Å². The molecule has 1 N–H and O–H groups in total. The van der Waals surface area contributed by atoms with Crippen molar-refractivity contribution in [3.8, 4) is 0 Å². The van der Waals surface area contributed by atoms with Crippen molar-refractivity contribution in [2.45, 2.75) is 39.8 Å². The second-order valence-electron chi connectivity index (χ2n) is 6.08. The molecule has 23 heavy (non-hydrogen) atoms. The summed E-state index contributed by atoms with van der Waals surface area (Å²) in [6.07, 6.45) is 0.887. The zero-order chi connectivity index (χ0) is 16.6. The van der Waals surface area contributed by atoms with Crippen molar-refractivity contribution in [2.24, 2.45) is 0 Å². The van der Waals surface area contributed by atoms with Crippen molar-refractivity contribution >= 4 is 23.3 Å². The Balaban J connectivity index is 1.82. The molecule has 1 aromatic heterocycles. The van der Waals surface area contributed by atoms with Gasteiger partial charge in [-0.05, 0) is 50.1 Å². The van der Waals surface area contributed by atoms with Gasteiger partial charge in [-0.1, -0.05) is 24.6 Å². The first kappa shape index (κ1) is 15.9. The number of benzene rings is 1. The lowest BCUT2D eigenvalue weighted by atomic mass is 10.1. The van der Waals surface area contributed by atoms with Crippen LogP contribution >= 0.6 is 11.6 Å². The number of hydrogen-bond donors (Lipinski definition) is 1. The Bertz CT molecular complexity index is 738. The van der Waals surface area contributed by atoms with Crippen molar-refractivity contribution in [3.05, 3.63) is 52.3 Å². The predicted octanol–water partition coefficient (Wildman–Crippen LogP) is 4.76. The van der Waals surface area contributed by atoms with Crippen molar-refractivity contribution in [2.75, 3.05) is 11.9 Å². The number of fused-ring (bicyclic) bond motifs is 1. The highest BCUT2D eigenvalue weighted by atomic mass is 35.5. The third kappa shape index (κ3) is 2.95. The summed E-state index contributed by atoms with van der Waals surface area (Å²) in [7, 11) is 0. The maximum atomic E-state index is 12.7. The molecule has 2 heterocycles. The van der Waals surface area contributed by atoms with Gasteiger partial charge in [-0.2, -0.15) is 0 Å². The third-order valence-corrected chi connectivity index (χ3v) is 4.84. The fraction of sp³-hybridized carbons (Fsp3) is 0.389. The van der Waals surface area contributed by atoms with Crippen LogP contribution in [0.25, 0.3) is 0 Å². The second-order valence-corrected chi connectivity index (χ2v) is 6.49. The van der Waals surface area contributed by atoms with Gasteiger partial charge in [0.2, 0.25) is 0 Å². The van der Waals surface area contributed by atoms with Crippen LogP contribution in [0.15, 0.2) is 30.3 Å².